The SMILES string of the molecule is Cc1c(Cl)ccc2c1N=C/C2=C\c1[nH]c(=O)n(C(C(=O)NC23CC(O)(C2)C3)c2ccc(F)c(F)c2)c1O. The fourth-order valence-corrected chi connectivity index (χ4v) is 5.80. The van der Waals surface area contributed by atoms with Crippen LogP contribution in [-0.4, -0.2) is 43.0 Å². The zero-order valence-electron chi connectivity index (χ0n) is 19.5. The van der Waals surface area contributed by atoms with Crippen molar-refractivity contribution in [1.29, 1.82) is 0 Å². The predicted octanol–water partition coefficient (Wildman–Crippen LogP) is 3.75. The minimum absolute atomic E-state index is 0.00659. The highest BCUT2D eigenvalue weighted by Gasteiger charge is 2.68. The van der Waals surface area contributed by atoms with Gasteiger partial charge < -0.3 is 20.5 Å². The quantitative estimate of drug-likeness (QED) is 0.405. The van der Waals surface area contributed by atoms with Gasteiger partial charge in [-0.2, -0.15) is 0 Å². The molecule has 8 nitrogen and oxygen atoms in total. The molecule has 4 N–H and O–H groups in total. The van der Waals surface area contributed by atoms with Gasteiger partial charge in [0.25, 0.3) is 0 Å². The number of carbonyl (C=O) groups is 1. The summed E-state index contributed by atoms with van der Waals surface area (Å²) in [6, 6.07) is 4.84. The maximum atomic E-state index is 14.1. The number of nitrogens with zero attached hydrogens (tertiary/aromatic N) is 2. The van der Waals surface area contributed by atoms with Crippen LogP contribution in [0.1, 0.15) is 47.7 Å². The molecule has 37 heavy (non-hydrogen) atoms. The van der Waals surface area contributed by atoms with E-state index < -0.39 is 46.3 Å². The summed E-state index contributed by atoms with van der Waals surface area (Å²) >= 11 is 6.18. The number of halogens is 3. The molecule has 1 aromatic heterocycles. The Morgan fingerprint density at radius 1 is 1.24 bits per heavy atom. The van der Waals surface area contributed by atoms with Crippen molar-refractivity contribution in [3.05, 3.63) is 79.9 Å². The molecule has 190 valence electrons. The highest BCUT2D eigenvalue weighted by atomic mass is 35.5. The van der Waals surface area contributed by atoms with Crippen LogP contribution in [0.3, 0.4) is 0 Å². The normalized spacial score (nSPS) is 24.9. The van der Waals surface area contributed by atoms with E-state index in [9.17, 15) is 28.6 Å². The molecule has 4 aliphatic rings. The zero-order chi connectivity index (χ0) is 26.3. The molecular formula is C26H21ClF2N4O4. The summed E-state index contributed by atoms with van der Waals surface area (Å²) in [5.41, 5.74) is 0.517. The second kappa shape index (κ2) is 7.87. The Kier molecular flexibility index (Phi) is 5.02. The molecule has 3 fully saturated rings. The molecule has 0 spiro atoms. The van der Waals surface area contributed by atoms with Crippen LogP contribution in [0.2, 0.25) is 5.02 Å². The van der Waals surface area contributed by atoms with Gasteiger partial charge in [-0.25, -0.2) is 18.1 Å². The minimum Gasteiger partial charge on any atom is -0.493 e. The van der Waals surface area contributed by atoms with Gasteiger partial charge in [-0.1, -0.05) is 23.7 Å². The number of nitrogens with one attached hydrogen (secondary N) is 2. The maximum Gasteiger partial charge on any atom is 0.329 e. The van der Waals surface area contributed by atoms with E-state index in [-0.39, 0.29) is 11.3 Å². The first-order valence-electron chi connectivity index (χ1n) is 11.6. The topological polar surface area (TPSA) is 120 Å². The lowest BCUT2D eigenvalue weighted by Crippen LogP contribution is -2.79. The van der Waals surface area contributed by atoms with Crippen LogP contribution < -0.4 is 11.0 Å². The molecule has 3 aromatic rings. The molecule has 1 amide bonds. The van der Waals surface area contributed by atoms with Crippen LogP contribution in [0.15, 0.2) is 40.1 Å². The molecule has 2 aromatic carbocycles. The summed E-state index contributed by atoms with van der Waals surface area (Å²) in [5.74, 6) is -3.57. The van der Waals surface area contributed by atoms with Gasteiger partial charge in [0, 0.05) is 27.9 Å². The number of carbonyl (C=O) groups excluding carboxylic acids is 1. The van der Waals surface area contributed by atoms with Gasteiger partial charge in [-0.15, -0.1) is 0 Å². The van der Waals surface area contributed by atoms with Gasteiger partial charge in [0.1, 0.15) is 11.7 Å². The van der Waals surface area contributed by atoms with E-state index in [1.165, 1.54) is 12.1 Å². The lowest BCUT2D eigenvalue weighted by atomic mass is 9.46. The Balaban J connectivity index is 1.41. The first-order chi connectivity index (χ1) is 17.5. The van der Waals surface area contributed by atoms with Gasteiger partial charge in [0.15, 0.2) is 11.6 Å². The molecule has 3 saturated carbocycles. The van der Waals surface area contributed by atoms with E-state index in [0.29, 0.717) is 35.5 Å². The standard InChI is InChI=1S/C26H21ClF2N4O4/c1-12-16(27)4-3-15-14(8-30-20(12)15)7-19-23(35)33(24(36)31-19)21(13-2-5-17(28)18(29)6-13)22(34)32-25-9-26(37,10-25)11-25/h2-8,21,35,37H,9-11H2,1H3,(H,31,36)(H,32,34)/b14-7+. The molecule has 7 rings (SSSR count). The lowest BCUT2D eigenvalue weighted by molar-refractivity contribution is -0.220. The third-order valence-corrected chi connectivity index (χ3v) is 7.80. The molecule has 3 aliphatic carbocycles. The van der Waals surface area contributed by atoms with Crippen molar-refractivity contribution >= 4 is 41.1 Å². The van der Waals surface area contributed by atoms with Crippen molar-refractivity contribution in [1.82, 2.24) is 14.9 Å². The Labute approximate surface area is 213 Å². The van der Waals surface area contributed by atoms with Crippen molar-refractivity contribution < 1.29 is 23.8 Å². The number of aliphatic imine (C=N–C) groups is 1. The summed E-state index contributed by atoms with van der Waals surface area (Å²) < 4.78 is 28.6. The second-order valence-corrected chi connectivity index (χ2v) is 10.5. The number of hydrogen-bond acceptors (Lipinski definition) is 5. The predicted molar refractivity (Wildman–Crippen MR) is 133 cm³/mol. The van der Waals surface area contributed by atoms with Crippen LogP contribution in [0.5, 0.6) is 5.88 Å². The van der Waals surface area contributed by atoms with E-state index in [4.69, 9.17) is 11.6 Å². The highest BCUT2D eigenvalue weighted by Crippen LogP contribution is 2.60. The zero-order valence-corrected chi connectivity index (χ0v) is 20.2. The number of fused-ring (bicyclic) bond motifs is 1. The maximum absolute atomic E-state index is 14.1. The summed E-state index contributed by atoms with van der Waals surface area (Å²) in [6.07, 6.45) is 4.17. The molecule has 1 atom stereocenters. The molecule has 2 heterocycles. The second-order valence-electron chi connectivity index (χ2n) is 10.1. The third-order valence-electron chi connectivity index (χ3n) is 7.39. The number of hydrogen-bond donors (Lipinski definition) is 4. The van der Waals surface area contributed by atoms with Crippen molar-refractivity contribution in [3.63, 3.8) is 0 Å². The Morgan fingerprint density at radius 3 is 2.65 bits per heavy atom. The number of imidazole rings is 1. The third kappa shape index (κ3) is 3.62. The molecular weight excluding hydrogens is 506 g/mol. The number of allylic oxidation sites excluding steroid dienone is 1. The van der Waals surface area contributed by atoms with Gasteiger partial charge in [-0.3, -0.25) is 9.79 Å². The van der Waals surface area contributed by atoms with Crippen LogP contribution in [0, 0.1) is 18.6 Å². The average Bonchev–Trinajstić information content (AvgIpc) is 3.33. The van der Waals surface area contributed by atoms with Crippen molar-refractivity contribution in [3.8, 4) is 5.88 Å². The van der Waals surface area contributed by atoms with Crippen LogP contribution in [0.25, 0.3) is 11.6 Å². The molecule has 0 saturated heterocycles. The monoisotopic (exact) mass is 526 g/mol. The average molecular weight is 527 g/mol. The van der Waals surface area contributed by atoms with E-state index in [1.807, 2.05) is 6.92 Å². The summed E-state index contributed by atoms with van der Waals surface area (Å²) in [7, 11) is 0. The fourth-order valence-electron chi connectivity index (χ4n) is 5.64. The Hall–Kier alpha value is -3.76. The largest absolute Gasteiger partial charge is 0.493 e. The van der Waals surface area contributed by atoms with Crippen molar-refractivity contribution in [2.45, 2.75) is 43.4 Å². The summed E-state index contributed by atoms with van der Waals surface area (Å²) in [5, 5.41) is 24.5. The Bertz CT molecular complexity index is 1600. The van der Waals surface area contributed by atoms with Gasteiger partial charge in [0.2, 0.25) is 11.8 Å². The summed E-state index contributed by atoms with van der Waals surface area (Å²) in [4.78, 5) is 33.4. The molecule has 11 heteroatoms. The summed E-state index contributed by atoms with van der Waals surface area (Å²) in [6.45, 7) is 1.83. The van der Waals surface area contributed by atoms with Gasteiger partial charge >= 0.3 is 5.69 Å². The highest BCUT2D eigenvalue weighted by molar-refractivity contribution is 6.32. The number of H-pyrrole nitrogens is 1. The fraction of sp³-hybridized carbons (Fsp3) is 0.269. The van der Waals surface area contributed by atoms with E-state index >= 15 is 0 Å². The first kappa shape index (κ1) is 23.6. The minimum atomic E-state index is -1.50. The first-order valence-corrected chi connectivity index (χ1v) is 12.0. The van der Waals surface area contributed by atoms with E-state index in [1.54, 1.807) is 18.3 Å². The number of aromatic nitrogens is 2. The molecule has 2 bridgehead atoms. The number of aliphatic hydroxyl groups is 1. The number of amides is 1. The van der Waals surface area contributed by atoms with Crippen LogP contribution in [0.4, 0.5) is 14.5 Å². The van der Waals surface area contributed by atoms with Crippen LogP contribution in [-0.2, 0) is 4.79 Å². The number of aromatic hydroxyl groups is 1. The molecule has 0 radical (unpaired) electrons. The molecule has 1 unspecified atom stereocenters. The Morgan fingerprint density at radius 2 is 1.97 bits per heavy atom. The molecule has 1 aliphatic heterocycles. The van der Waals surface area contributed by atoms with Crippen molar-refractivity contribution in [2.75, 3.05) is 0 Å². The number of benzene rings is 2. The van der Waals surface area contributed by atoms with E-state index in [2.05, 4.69) is 15.3 Å². The van der Waals surface area contributed by atoms with Crippen LogP contribution >= 0.6 is 11.6 Å². The smallest absolute Gasteiger partial charge is 0.329 e. The van der Waals surface area contributed by atoms with Gasteiger partial charge in [0.05, 0.1) is 11.3 Å². The number of rotatable bonds is 5. The lowest BCUT2D eigenvalue weighted by Gasteiger charge is -2.67. The van der Waals surface area contributed by atoms with E-state index in [0.717, 1.165) is 27.8 Å². The number of aromatic amines is 1. The van der Waals surface area contributed by atoms with Crippen molar-refractivity contribution in [2.24, 2.45) is 4.99 Å². The van der Waals surface area contributed by atoms with Gasteiger partial charge in [-0.05, 0) is 61.6 Å².